The molecule has 0 spiro atoms. The van der Waals surface area contributed by atoms with Gasteiger partial charge in [-0.2, -0.15) is 0 Å². The van der Waals surface area contributed by atoms with Gasteiger partial charge in [0.05, 0.1) is 55.7 Å². The Hall–Kier alpha value is -3.27. The molecule has 13 nitrogen and oxygen atoms in total. The number of carbonyl (C=O) groups is 2. The molecule has 1 amide bonds. The number of ether oxygens (including phenoxy) is 7. The minimum Gasteiger partial charge on any atom is -0.443 e. The average Bonchev–Trinajstić information content (AvgIpc) is 3.86. The number of alkyl carbamates (subject to hydrolysis) is 1. The molecule has 4 aliphatic heterocycles. The van der Waals surface area contributed by atoms with Gasteiger partial charge >= 0.3 is 12.2 Å². The van der Waals surface area contributed by atoms with Crippen molar-refractivity contribution in [3.8, 4) is 0 Å². The molecule has 0 saturated carbocycles. The van der Waals surface area contributed by atoms with Crippen LogP contribution in [0.3, 0.4) is 0 Å². The second-order valence-corrected chi connectivity index (χ2v) is 14.5. The summed E-state index contributed by atoms with van der Waals surface area (Å²) in [6.07, 6.45) is -2.66. The summed E-state index contributed by atoms with van der Waals surface area (Å²) in [7, 11) is -1.64. The van der Waals surface area contributed by atoms with Crippen molar-refractivity contribution in [2.45, 2.75) is 74.9 Å². The summed E-state index contributed by atoms with van der Waals surface area (Å²) in [4.78, 5) is 27.6. The number of nitrogens with one attached hydrogen (secondary N) is 1. The molecule has 9 unspecified atom stereocenters. The van der Waals surface area contributed by atoms with Crippen molar-refractivity contribution >= 4 is 28.9 Å². The summed E-state index contributed by atoms with van der Waals surface area (Å²) in [6, 6.07) is 15.6. The van der Waals surface area contributed by atoms with Gasteiger partial charge in [-0.3, -0.25) is 0 Å². The predicted octanol–water partition coefficient (Wildman–Crippen LogP) is 3.63. The van der Waals surface area contributed by atoms with Gasteiger partial charge in [-0.15, -0.1) is 0 Å². The molecular formula is C34H45N3O10S. The maximum atomic E-state index is 14.0. The number of hydrogen-bond acceptors (Lipinski definition) is 11. The number of nitrogen functional groups attached to an aromatic ring is 1. The van der Waals surface area contributed by atoms with Gasteiger partial charge in [0.1, 0.15) is 29.3 Å². The van der Waals surface area contributed by atoms with Gasteiger partial charge in [0.2, 0.25) is 0 Å². The SMILES string of the molecule is CC(C)CN(CC(OC(=O)OC1COC2OCCC12)C(Cc1ccccc1)NC(=O)OC1COC2OCCC12)S(=O)c1ccc(N)cc1. The number of anilines is 1. The summed E-state index contributed by atoms with van der Waals surface area (Å²) in [5.74, 6) is -0.0253. The van der Waals surface area contributed by atoms with E-state index in [0.29, 0.717) is 43.2 Å². The van der Waals surface area contributed by atoms with Crippen molar-refractivity contribution in [1.82, 2.24) is 9.62 Å². The number of rotatable bonds is 13. The van der Waals surface area contributed by atoms with Crippen LogP contribution >= 0.6 is 0 Å². The Kier molecular flexibility index (Phi) is 11.5. The van der Waals surface area contributed by atoms with Crippen molar-refractivity contribution < 1.29 is 47.0 Å². The highest BCUT2D eigenvalue weighted by molar-refractivity contribution is 7.82. The van der Waals surface area contributed by atoms with Crippen LogP contribution in [0.15, 0.2) is 59.5 Å². The van der Waals surface area contributed by atoms with E-state index in [1.165, 1.54) is 0 Å². The molecular weight excluding hydrogens is 642 g/mol. The van der Waals surface area contributed by atoms with Crippen LogP contribution in [-0.4, -0.2) is 97.2 Å². The highest BCUT2D eigenvalue weighted by atomic mass is 32.2. The lowest BCUT2D eigenvalue weighted by Crippen LogP contribution is -2.53. The van der Waals surface area contributed by atoms with Gasteiger partial charge in [-0.1, -0.05) is 44.2 Å². The molecule has 4 heterocycles. The van der Waals surface area contributed by atoms with Crippen LogP contribution in [0.1, 0.15) is 32.3 Å². The second-order valence-electron chi connectivity index (χ2n) is 13.1. The van der Waals surface area contributed by atoms with Gasteiger partial charge in [0.25, 0.3) is 0 Å². The molecule has 4 aliphatic rings. The van der Waals surface area contributed by atoms with Crippen molar-refractivity contribution in [1.29, 1.82) is 0 Å². The molecule has 262 valence electrons. The third-order valence-corrected chi connectivity index (χ3v) is 10.5. The first-order chi connectivity index (χ1) is 23.2. The number of benzene rings is 2. The van der Waals surface area contributed by atoms with Crippen LogP contribution in [0.4, 0.5) is 15.3 Å². The highest BCUT2D eigenvalue weighted by Crippen LogP contribution is 2.34. The van der Waals surface area contributed by atoms with E-state index in [-0.39, 0.29) is 43.8 Å². The normalized spacial score (nSPS) is 28.1. The lowest BCUT2D eigenvalue weighted by atomic mass is 10.0. The fourth-order valence-corrected chi connectivity index (χ4v) is 8.02. The molecule has 9 atom stereocenters. The fraction of sp³-hybridized carbons (Fsp3) is 0.588. The molecule has 2 aromatic rings. The molecule has 0 aromatic heterocycles. The largest absolute Gasteiger partial charge is 0.509 e. The second kappa shape index (κ2) is 16.0. The van der Waals surface area contributed by atoms with E-state index in [2.05, 4.69) is 5.32 Å². The Morgan fingerprint density at radius 2 is 1.52 bits per heavy atom. The zero-order valence-electron chi connectivity index (χ0n) is 27.3. The predicted molar refractivity (Wildman–Crippen MR) is 174 cm³/mol. The zero-order chi connectivity index (χ0) is 33.6. The maximum Gasteiger partial charge on any atom is 0.509 e. The Morgan fingerprint density at radius 3 is 2.15 bits per heavy atom. The van der Waals surface area contributed by atoms with Crippen LogP contribution < -0.4 is 11.1 Å². The molecule has 4 fully saturated rings. The van der Waals surface area contributed by atoms with E-state index < -0.39 is 53.9 Å². The number of carbonyl (C=O) groups excluding carboxylic acids is 2. The molecule has 48 heavy (non-hydrogen) atoms. The first-order valence-corrected chi connectivity index (χ1v) is 17.7. The van der Waals surface area contributed by atoms with E-state index in [1.807, 2.05) is 44.2 Å². The average molecular weight is 688 g/mol. The number of nitrogens with two attached hydrogens (primary N) is 1. The lowest BCUT2D eigenvalue weighted by molar-refractivity contribution is -0.0910. The molecule has 14 heteroatoms. The molecule has 0 aliphatic carbocycles. The first-order valence-electron chi connectivity index (χ1n) is 16.6. The summed E-state index contributed by atoms with van der Waals surface area (Å²) in [5.41, 5.74) is 7.34. The number of fused-ring (bicyclic) bond motifs is 2. The Bertz CT molecular complexity index is 1400. The fourth-order valence-electron chi connectivity index (χ4n) is 6.63. The molecule has 4 saturated heterocycles. The van der Waals surface area contributed by atoms with Crippen LogP contribution in [0.2, 0.25) is 0 Å². The molecule has 2 aromatic carbocycles. The van der Waals surface area contributed by atoms with Gasteiger partial charge in [0, 0.05) is 12.2 Å². The van der Waals surface area contributed by atoms with Crippen molar-refractivity contribution in [3.63, 3.8) is 0 Å². The third-order valence-electron chi connectivity index (χ3n) is 9.04. The quantitative estimate of drug-likeness (QED) is 0.234. The number of hydrogen-bond donors (Lipinski definition) is 2. The van der Waals surface area contributed by atoms with E-state index in [1.54, 1.807) is 28.6 Å². The Labute approximate surface area is 283 Å². The third kappa shape index (κ3) is 8.65. The minimum absolute atomic E-state index is 0.0173. The Balaban J connectivity index is 1.25. The summed E-state index contributed by atoms with van der Waals surface area (Å²) < 4.78 is 56.0. The van der Waals surface area contributed by atoms with Crippen molar-refractivity contribution in [2.24, 2.45) is 17.8 Å². The van der Waals surface area contributed by atoms with E-state index in [4.69, 9.17) is 38.9 Å². The van der Waals surface area contributed by atoms with Crippen LogP contribution in [0, 0.1) is 17.8 Å². The first kappa shape index (κ1) is 34.6. The van der Waals surface area contributed by atoms with E-state index >= 15 is 0 Å². The highest BCUT2D eigenvalue weighted by Gasteiger charge is 2.46. The van der Waals surface area contributed by atoms with Gasteiger partial charge in [-0.05, 0) is 55.0 Å². The summed E-state index contributed by atoms with van der Waals surface area (Å²) in [5, 5.41) is 2.98. The van der Waals surface area contributed by atoms with Gasteiger partial charge in [0.15, 0.2) is 12.6 Å². The molecule has 0 radical (unpaired) electrons. The minimum atomic E-state index is -1.64. The monoisotopic (exact) mass is 687 g/mol. The smallest absolute Gasteiger partial charge is 0.443 e. The molecule has 0 bridgehead atoms. The van der Waals surface area contributed by atoms with Crippen molar-refractivity contribution in [3.05, 3.63) is 60.2 Å². The van der Waals surface area contributed by atoms with Crippen LogP contribution in [-0.2, 0) is 50.6 Å². The summed E-state index contributed by atoms with van der Waals surface area (Å²) in [6.45, 7) is 5.95. The summed E-state index contributed by atoms with van der Waals surface area (Å²) >= 11 is 0. The van der Waals surface area contributed by atoms with E-state index in [9.17, 15) is 13.8 Å². The van der Waals surface area contributed by atoms with Gasteiger partial charge in [-0.25, -0.2) is 18.1 Å². The molecule has 6 rings (SSSR count). The lowest BCUT2D eigenvalue weighted by Gasteiger charge is -2.33. The zero-order valence-corrected chi connectivity index (χ0v) is 28.1. The molecule has 3 N–H and O–H groups in total. The maximum absolute atomic E-state index is 14.0. The van der Waals surface area contributed by atoms with Crippen LogP contribution in [0.25, 0.3) is 0 Å². The number of nitrogens with zero attached hydrogens (tertiary/aromatic N) is 1. The van der Waals surface area contributed by atoms with Crippen molar-refractivity contribution in [2.75, 3.05) is 45.3 Å². The van der Waals surface area contributed by atoms with E-state index in [0.717, 1.165) is 12.0 Å². The topological polar surface area (TPSA) is 157 Å². The number of amides is 1. The standard InChI is InChI=1S/C34H45N3O10S/c1-21(2)17-37(48(40)24-10-8-23(35)9-11-24)18-28(46-34(39)47-30-20-44-32-26(30)13-15-42-32)27(16-22-6-4-3-5-7-22)36-33(38)45-29-19-43-31-25(29)12-14-41-31/h3-11,21,25-32H,12-20,35H2,1-2H3,(H,36,38). The Morgan fingerprint density at radius 1 is 0.896 bits per heavy atom. The van der Waals surface area contributed by atoms with Gasteiger partial charge < -0.3 is 44.2 Å². The van der Waals surface area contributed by atoms with Crippen LogP contribution in [0.5, 0.6) is 0 Å².